The van der Waals surface area contributed by atoms with Gasteiger partial charge in [-0.1, -0.05) is 12.1 Å². The molecule has 1 saturated heterocycles. The highest BCUT2D eigenvalue weighted by molar-refractivity contribution is 5.90. The van der Waals surface area contributed by atoms with Gasteiger partial charge in [0, 0.05) is 13.0 Å². The largest absolute Gasteiger partial charge is 0.324 e. The molecule has 1 aromatic carbocycles. The van der Waals surface area contributed by atoms with Crippen molar-refractivity contribution < 1.29 is 9.18 Å². The minimum atomic E-state index is -0.390. The van der Waals surface area contributed by atoms with Crippen molar-refractivity contribution >= 4 is 11.6 Å². The first-order valence-corrected chi connectivity index (χ1v) is 7.60. The topological polar surface area (TPSA) is 44.4 Å². The molecule has 2 N–H and O–H groups in total. The number of anilines is 1. The number of hydrogen-bond acceptors (Lipinski definition) is 3. The number of halogens is 1. The summed E-state index contributed by atoms with van der Waals surface area (Å²) >= 11 is 0. The molecule has 0 unspecified atom stereocenters. The highest BCUT2D eigenvalue weighted by Gasteiger charge is 2.19. The summed E-state index contributed by atoms with van der Waals surface area (Å²) in [7, 11) is 1.99. The standard InChI is InChI=1S/C16H24FN3O/c1-18-12-13-6-9-20(10-7-13)11-8-16(21)19-15-5-3-2-4-14(15)17/h2-5,13,18H,6-12H2,1H3,(H,19,21). The summed E-state index contributed by atoms with van der Waals surface area (Å²) in [6.07, 6.45) is 2.76. The number of hydrogen-bond donors (Lipinski definition) is 2. The van der Waals surface area contributed by atoms with Crippen LogP contribution in [0.2, 0.25) is 0 Å². The zero-order chi connectivity index (χ0) is 15.1. The zero-order valence-electron chi connectivity index (χ0n) is 12.6. The molecule has 1 aromatic rings. The Kier molecular flexibility index (Phi) is 6.14. The predicted molar refractivity (Wildman–Crippen MR) is 82.7 cm³/mol. The quantitative estimate of drug-likeness (QED) is 0.844. The molecule has 0 aliphatic carbocycles. The fourth-order valence-electron chi connectivity index (χ4n) is 2.74. The van der Waals surface area contributed by atoms with Crippen LogP contribution in [0.25, 0.3) is 0 Å². The van der Waals surface area contributed by atoms with Gasteiger partial charge >= 0.3 is 0 Å². The second-order valence-corrected chi connectivity index (χ2v) is 5.62. The molecule has 1 amide bonds. The molecule has 0 bridgehead atoms. The molecule has 0 atom stereocenters. The van der Waals surface area contributed by atoms with Crippen LogP contribution in [-0.2, 0) is 4.79 Å². The van der Waals surface area contributed by atoms with Gasteiger partial charge < -0.3 is 15.5 Å². The number of rotatable bonds is 6. The van der Waals surface area contributed by atoms with Crippen molar-refractivity contribution in [1.29, 1.82) is 0 Å². The summed E-state index contributed by atoms with van der Waals surface area (Å²) in [4.78, 5) is 14.2. The zero-order valence-corrected chi connectivity index (χ0v) is 12.6. The van der Waals surface area contributed by atoms with E-state index in [0.29, 0.717) is 6.42 Å². The van der Waals surface area contributed by atoms with Crippen LogP contribution < -0.4 is 10.6 Å². The molecule has 1 heterocycles. The number of carbonyl (C=O) groups excluding carboxylic acids is 1. The number of nitrogens with zero attached hydrogens (tertiary/aromatic N) is 1. The van der Waals surface area contributed by atoms with Gasteiger partial charge in [-0.3, -0.25) is 4.79 Å². The molecule has 2 rings (SSSR count). The second kappa shape index (κ2) is 8.10. The summed E-state index contributed by atoms with van der Waals surface area (Å²) in [6, 6.07) is 6.25. The van der Waals surface area contributed by atoms with Crippen molar-refractivity contribution in [2.24, 2.45) is 5.92 Å². The minimum absolute atomic E-state index is 0.127. The number of benzene rings is 1. The number of piperidine rings is 1. The molecule has 1 fully saturated rings. The minimum Gasteiger partial charge on any atom is -0.324 e. The molecule has 5 heteroatoms. The van der Waals surface area contributed by atoms with E-state index in [1.807, 2.05) is 7.05 Å². The van der Waals surface area contributed by atoms with Gasteiger partial charge in [0.1, 0.15) is 5.82 Å². The Morgan fingerprint density at radius 2 is 2.05 bits per heavy atom. The molecule has 1 aliphatic rings. The third kappa shape index (κ3) is 5.10. The average Bonchev–Trinajstić information content (AvgIpc) is 2.49. The molecule has 1 aliphatic heterocycles. The van der Waals surface area contributed by atoms with Crippen molar-refractivity contribution in [2.45, 2.75) is 19.3 Å². The van der Waals surface area contributed by atoms with Gasteiger partial charge in [-0.25, -0.2) is 4.39 Å². The number of nitrogens with one attached hydrogen (secondary N) is 2. The number of carbonyl (C=O) groups is 1. The first kappa shape index (κ1) is 15.9. The fraction of sp³-hybridized carbons (Fsp3) is 0.562. The third-order valence-electron chi connectivity index (χ3n) is 4.00. The predicted octanol–water partition coefficient (Wildman–Crippen LogP) is 2.09. The van der Waals surface area contributed by atoms with E-state index in [1.165, 1.54) is 18.9 Å². The van der Waals surface area contributed by atoms with Crippen LogP contribution in [0.4, 0.5) is 10.1 Å². The van der Waals surface area contributed by atoms with Crippen LogP contribution in [0.5, 0.6) is 0 Å². The average molecular weight is 293 g/mol. The van der Waals surface area contributed by atoms with Gasteiger partial charge in [-0.05, 0) is 57.6 Å². The smallest absolute Gasteiger partial charge is 0.225 e. The van der Waals surface area contributed by atoms with E-state index in [9.17, 15) is 9.18 Å². The summed E-state index contributed by atoms with van der Waals surface area (Å²) in [5.74, 6) is 0.231. The molecule has 0 spiro atoms. The number of likely N-dealkylation sites (tertiary alicyclic amines) is 1. The van der Waals surface area contributed by atoms with E-state index < -0.39 is 5.82 Å². The number of para-hydroxylation sites is 1. The van der Waals surface area contributed by atoms with Gasteiger partial charge in [0.15, 0.2) is 0 Å². The Morgan fingerprint density at radius 1 is 1.33 bits per heavy atom. The lowest BCUT2D eigenvalue weighted by molar-refractivity contribution is -0.116. The van der Waals surface area contributed by atoms with Crippen LogP contribution in [0.15, 0.2) is 24.3 Å². The van der Waals surface area contributed by atoms with Crippen molar-refractivity contribution in [2.75, 3.05) is 38.5 Å². The summed E-state index contributed by atoms with van der Waals surface area (Å²) in [5, 5.41) is 5.85. The van der Waals surface area contributed by atoms with Crippen molar-refractivity contribution in [3.63, 3.8) is 0 Å². The Labute approximate surface area is 125 Å². The van der Waals surface area contributed by atoms with Crippen molar-refractivity contribution in [3.8, 4) is 0 Å². The van der Waals surface area contributed by atoms with Crippen LogP contribution in [0.3, 0.4) is 0 Å². The molecule has 0 radical (unpaired) electrons. The van der Waals surface area contributed by atoms with E-state index >= 15 is 0 Å². The Bertz CT molecular complexity index is 459. The molecule has 0 aromatic heterocycles. The third-order valence-corrected chi connectivity index (χ3v) is 4.00. The lowest BCUT2D eigenvalue weighted by Gasteiger charge is -2.31. The van der Waals surface area contributed by atoms with Crippen molar-refractivity contribution in [1.82, 2.24) is 10.2 Å². The van der Waals surface area contributed by atoms with Gasteiger partial charge in [0.25, 0.3) is 0 Å². The van der Waals surface area contributed by atoms with E-state index in [2.05, 4.69) is 15.5 Å². The number of amides is 1. The maximum absolute atomic E-state index is 13.4. The maximum Gasteiger partial charge on any atom is 0.225 e. The molecule has 0 saturated carbocycles. The van der Waals surface area contributed by atoms with E-state index in [-0.39, 0.29) is 11.6 Å². The Hall–Kier alpha value is -1.46. The van der Waals surface area contributed by atoms with Crippen LogP contribution in [-0.4, -0.2) is 44.0 Å². The van der Waals surface area contributed by atoms with E-state index in [4.69, 9.17) is 0 Å². The molecular formula is C16H24FN3O. The normalized spacial score (nSPS) is 16.9. The van der Waals surface area contributed by atoms with Gasteiger partial charge in [0.2, 0.25) is 5.91 Å². The molecule has 21 heavy (non-hydrogen) atoms. The Balaban J connectivity index is 1.69. The van der Waals surface area contributed by atoms with E-state index in [0.717, 1.165) is 32.1 Å². The highest BCUT2D eigenvalue weighted by Crippen LogP contribution is 2.17. The lowest BCUT2D eigenvalue weighted by atomic mass is 9.97. The SMILES string of the molecule is CNCC1CCN(CCC(=O)Nc2ccccc2F)CC1. The summed E-state index contributed by atoms with van der Waals surface area (Å²) < 4.78 is 13.4. The Morgan fingerprint density at radius 3 is 2.71 bits per heavy atom. The highest BCUT2D eigenvalue weighted by atomic mass is 19.1. The monoisotopic (exact) mass is 293 g/mol. The first-order chi connectivity index (χ1) is 10.2. The molecule has 4 nitrogen and oxygen atoms in total. The molecular weight excluding hydrogens is 269 g/mol. The van der Waals surface area contributed by atoms with Gasteiger partial charge in [-0.15, -0.1) is 0 Å². The van der Waals surface area contributed by atoms with Crippen LogP contribution in [0.1, 0.15) is 19.3 Å². The molecule has 116 valence electrons. The van der Waals surface area contributed by atoms with E-state index in [1.54, 1.807) is 18.2 Å². The fourth-order valence-corrected chi connectivity index (χ4v) is 2.74. The van der Waals surface area contributed by atoms with Gasteiger partial charge in [-0.2, -0.15) is 0 Å². The van der Waals surface area contributed by atoms with Crippen LogP contribution >= 0.6 is 0 Å². The van der Waals surface area contributed by atoms with Gasteiger partial charge in [0.05, 0.1) is 5.69 Å². The summed E-state index contributed by atoms with van der Waals surface area (Å²) in [5.41, 5.74) is 0.259. The van der Waals surface area contributed by atoms with Crippen molar-refractivity contribution in [3.05, 3.63) is 30.1 Å². The lowest BCUT2D eigenvalue weighted by Crippen LogP contribution is -2.38. The van der Waals surface area contributed by atoms with Crippen LogP contribution in [0, 0.1) is 11.7 Å². The second-order valence-electron chi connectivity index (χ2n) is 5.62. The first-order valence-electron chi connectivity index (χ1n) is 7.60. The summed E-state index contributed by atoms with van der Waals surface area (Å²) in [6.45, 7) is 3.90. The maximum atomic E-state index is 13.4.